The summed E-state index contributed by atoms with van der Waals surface area (Å²) in [5.41, 5.74) is 2.13. The van der Waals surface area contributed by atoms with E-state index in [9.17, 15) is 4.79 Å². The van der Waals surface area contributed by atoms with E-state index < -0.39 is 0 Å². The molecule has 17 heavy (non-hydrogen) atoms. The number of nitrogens with zero attached hydrogens (tertiary/aromatic N) is 1. The molecule has 0 saturated carbocycles. The number of hydrogen-bond acceptors (Lipinski definition) is 5. The van der Waals surface area contributed by atoms with E-state index in [1.165, 1.54) is 11.3 Å². The highest BCUT2D eigenvalue weighted by atomic mass is 32.1. The molecule has 0 N–H and O–H groups in total. The lowest BCUT2D eigenvalue weighted by atomic mass is 10.1. The van der Waals surface area contributed by atoms with Gasteiger partial charge in [-0.3, -0.25) is 0 Å². The lowest BCUT2D eigenvalue weighted by Gasteiger charge is -1.95. The molecule has 0 radical (unpaired) electrons. The largest absolute Gasteiger partial charge is 0.368 e. The van der Waals surface area contributed by atoms with Crippen LogP contribution in [-0.4, -0.2) is 11.7 Å². The van der Waals surface area contributed by atoms with Gasteiger partial charge in [-0.2, -0.15) is 11.3 Å². The minimum absolute atomic E-state index is 0.389. The van der Waals surface area contributed by atoms with Crippen LogP contribution in [0, 0.1) is 0 Å². The van der Waals surface area contributed by atoms with Gasteiger partial charge in [-0.15, -0.1) is 11.3 Å². The van der Waals surface area contributed by atoms with Crippen LogP contribution in [0.5, 0.6) is 0 Å². The van der Waals surface area contributed by atoms with Crippen LogP contribution in [0.1, 0.15) is 10.4 Å². The molecule has 3 nitrogen and oxygen atoms in total. The standard InChI is InChI=1S/C12H7NO2S2/c14-12-9(6-8-3-5-16-7-8)11(13-15-12)10-2-1-4-17-10/h1-7H/b9-6-. The Bertz CT molecular complexity index is 595. The minimum atomic E-state index is -0.389. The van der Waals surface area contributed by atoms with Crippen molar-refractivity contribution in [1.29, 1.82) is 0 Å². The average Bonchev–Trinajstić information content (AvgIpc) is 3.03. The summed E-state index contributed by atoms with van der Waals surface area (Å²) < 4.78 is 0. The number of carbonyl (C=O) groups excluding carboxylic acids is 1. The first-order valence-corrected chi connectivity index (χ1v) is 6.74. The van der Waals surface area contributed by atoms with Crippen molar-refractivity contribution in [3.63, 3.8) is 0 Å². The number of carbonyl (C=O) groups is 1. The zero-order valence-electron chi connectivity index (χ0n) is 8.62. The van der Waals surface area contributed by atoms with E-state index in [4.69, 9.17) is 4.84 Å². The van der Waals surface area contributed by atoms with E-state index >= 15 is 0 Å². The second kappa shape index (κ2) is 4.27. The van der Waals surface area contributed by atoms with Gasteiger partial charge in [0.1, 0.15) is 5.71 Å². The first-order valence-electron chi connectivity index (χ1n) is 4.92. The molecule has 84 valence electrons. The Morgan fingerprint density at radius 1 is 1.29 bits per heavy atom. The van der Waals surface area contributed by atoms with Gasteiger partial charge in [-0.05, 0) is 39.9 Å². The van der Waals surface area contributed by atoms with E-state index in [-0.39, 0.29) is 5.97 Å². The zero-order chi connectivity index (χ0) is 11.7. The SMILES string of the molecule is O=C1ON=C(c2cccs2)/C1=C/c1ccsc1. The van der Waals surface area contributed by atoms with E-state index in [1.807, 2.05) is 40.4 Å². The molecule has 0 unspecified atom stereocenters. The highest BCUT2D eigenvalue weighted by molar-refractivity contribution is 7.12. The molecular weight excluding hydrogens is 254 g/mol. The van der Waals surface area contributed by atoms with Crippen molar-refractivity contribution in [3.8, 4) is 0 Å². The lowest BCUT2D eigenvalue weighted by Crippen LogP contribution is -2.05. The second-order valence-corrected chi connectivity index (χ2v) is 5.14. The van der Waals surface area contributed by atoms with Crippen LogP contribution in [0.2, 0.25) is 0 Å². The molecule has 3 rings (SSSR count). The predicted octanol–water partition coefficient (Wildman–Crippen LogP) is 3.15. The quantitative estimate of drug-likeness (QED) is 0.615. The monoisotopic (exact) mass is 261 g/mol. The normalized spacial score (nSPS) is 17.3. The minimum Gasteiger partial charge on any atom is -0.312 e. The molecule has 0 bridgehead atoms. The lowest BCUT2D eigenvalue weighted by molar-refractivity contribution is -0.136. The van der Waals surface area contributed by atoms with Gasteiger partial charge >= 0.3 is 5.97 Å². The average molecular weight is 261 g/mol. The highest BCUT2D eigenvalue weighted by Gasteiger charge is 2.27. The first kappa shape index (κ1) is 10.4. The Kier molecular flexibility index (Phi) is 2.62. The Morgan fingerprint density at radius 3 is 2.94 bits per heavy atom. The van der Waals surface area contributed by atoms with Crippen LogP contribution in [0.3, 0.4) is 0 Å². The molecule has 2 aromatic heterocycles. The van der Waals surface area contributed by atoms with Crippen molar-refractivity contribution in [1.82, 2.24) is 0 Å². The summed E-state index contributed by atoms with van der Waals surface area (Å²) in [7, 11) is 0. The van der Waals surface area contributed by atoms with Crippen LogP contribution in [0.15, 0.2) is 45.1 Å². The van der Waals surface area contributed by atoms with Gasteiger partial charge in [0, 0.05) is 0 Å². The van der Waals surface area contributed by atoms with Crippen molar-refractivity contribution in [2.24, 2.45) is 5.16 Å². The van der Waals surface area contributed by atoms with Crippen LogP contribution in [0.25, 0.3) is 6.08 Å². The van der Waals surface area contributed by atoms with E-state index in [0.717, 1.165) is 10.4 Å². The fourth-order valence-electron chi connectivity index (χ4n) is 1.52. The Labute approximate surface area is 106 Å². The number of rotatable bonds is 2. The molecule has 0 aliphatic carbocycles. The van der Waals surface area contributed by atoms with Crippen LogP contribution < -0.4 is 0 Å². The number of hydrogen-bond donors (Lipinski definition) is 0. The third kappa shape index (κ3) is 1.94. The third-order valence-corrected chi connectivity index (χ3v) is 3.88. The molecule has 0 amide bonds. The summed E-state index contributed by atoms with van der Waals surface area (Å²) >= 11 is 3.13. The molecular formula is C12H7NO2S2. The van der Waals surface area contributed by atoms with Crippen molar-refractivity contribution in [2.45, 2.75) is 0 Å². The molecule has 0 aromatic carbocycles. The molecule has 1 aliphatic heterocycles. The zero-order valence-corrected chi connectivity index (χ0v) is 10.3. The summed E-state index contributed by atoms with van der Waals surface area (Å²) in [6.45, 7) is 0. The van der Waals surface area contributed by atoms with Gasteiger partial charge in [0.15, 0.2) is 0 Å². The molecule has 0 spiro atoms. The van der Waals surface area contributed by atoms with Gasteiger partial charge in [0.05, 0.1) is 10.5 Å². The van der Waals surface area contributed by atoms with Crippen molar-refractivity contribution < 1.29 is 9.63 Å². The fraction of sp³-hybridized carbons (Fsp3) is 0. The van der Waals surface area contributed by atoms with Crippen LogP contribution in [0.4, 0.5) is 0 Å². The molecule has 5 heteroatoms. The number of thiophene rings is 2. The summed E-state index contributed by atoms with van der Waals surface area (Å²) in [5.74, 6) is -0.389. The Hall–Kier alpha value is -1.72. The molecule has 2 aromatic rings. The maximum absolute atomic E-state index is 11.6. The molecule has 0 fully saturated rings. The maximum Gasteiger partial charge on any atom is 0.368 e. The van der Waals surface area contributed by atoms with E-state index in [1.54, 1.807) is 11.3 Å². The Morgan fingerprint density at radius 2 is 2.24 bits per heavy atom. The third-order valence-electron chi connectivity index (χ3n) is 2.30. The number of oxime groups is 1. The summed E-state index contributed by atoms with van der Waals surface area (Å²) in [4.78, 5) is 17.3. The molecule has 0 atom stereocenters. The predicted molar refractivity (Wildman–Crippen MR) is 69.2 cm³/mol. The van der Waals surface area contributed by atoms with E-state index in [0.29, 0.717) is 11.3 Å². The summed E-state index contributed by atoms with van der Waals surface area (Å²) in [6, 6.07) is 5.80. The fourth-order valence-corrected chi connectivity index (χ4v) is 2.86. The van der Waals surface area contributed by atoms with Gasteiger partial charge in [0.25, 0.3) is 0 Å². The molecule has 0 saturated heterocycles. The van der Waals surface area contributed by atoms with Crippen molar-refractivity contribution >= 4 is 40.4 Å². The summed E-state index contributed by atoms with van der Waals surface area (Å²) in [6.07, 6.45) is 1.81. The smallest absolute Gasteiger partial charge is 0.312 e. The van der Waals surface area contributed by atoms with Crippen LogP contribution >= 0.6 is 22.7 Å². The maximum atomic E-state index is 11.6. The van der Waals surface area contributed by atoms with Gasteiger partial charge in [-0.1, -0.05) is 11.2 Å². The second-order valence-electron chi connectivity index (χ2n) is 3.41. The van der Waals surface area contributed by atoms with E-state index in [2.05, 4.69) is 5.16 Å². The first-order chi connectivity index (χ1) is 8.34. The summed E-state index contributed by atoms with van der Waals surface area (Å²) in [5, 5.41) is 9.72. The Balaban J connectivity index is 2.03. The topological polar surface area (TPSA) is 38.7 Å². The van der Waals surface area contributed by atoms with Crippen molar-refractivity contribution in [2.75, 3.05) is 0 Å². The highest BCUT2D eigenvalue weighted by Crippen LogP contribution is 2.23. The van der Waals surface area contributed by atoms with Gasteiger partial charge in [-0.25, -0.2) is 4.79 Å². The van der Waals surface area contributed by atoms with Gasteiger partial charge < -0.3 is 4.84 Å². The molecule has 3 heterocycles. The van der Waals surface area contributed by atoms with Crippen LogP contribution in [-0.2, 0) is 9.63 Å². The molecule has 1 aliphatic rings. The van der Waals surface area contributed by atoms with Crippen molar-refractivity contribution in [3.05, 3.63) is 50.4 Å². The van der Waals surface area contributed by atoms with Gasteiger partial charge in [0.2, 0.25) is 0 Å².